The van der Waals surface area contributed by atoms with Crippen molar-refractivity contribution in [3.63, 3.8) is 0 Å². The van der Waals surface area contributed by atoms with Gasteiger partial charge in [0.05, 0.1) is 6.07 Å². The third-order valence-electron chi connectivity index (χ3n) is 1.71. The fourth-order valence-corrected chi connectivity index (χ4v) is 1.85. The summed E-state index contributed by atoms with van der Waals surface area (Å²) in [6.45, 7) is 0.799. The van der Waals surface area contributed by atoms with E-state index in [4.69, 9.17) is 16.9 Å². The van der Waals surface area contributed by atoms with Gasteiger partial charge in [-0.25, -0.2) is 0 Å². The van der Waals surface area contributed by atoms with Gasteiger partial charge in [-0.15, -0.1) is 0 Å². The number of hydrogen-bond acceptors (Lipinski definition) is 2. The summed E-state index contributed by atoms with van der Waals surface area (Å²) in [5.41, 5.74) is 1.01. The molecule has 14 heavy (non-hydrogen) atoms. The maximum Gasteiger partial charge on any atom is 0.0622 e. The smallest absolute Gasteiger partial charge is 0.0622 e. The summed E-state index contributed by atoms with van der Waals surface area (Å²) in [7, 11) is 0. The van der Waals surface area contributed by atoms with E-state index in [-0.39, 0.29) is 0 Å². The molecular formula is C10H10BrClN2. The standard InChI is InChI=1S/C10H10BrClN2/c11-9-7-8(12)3-4-10(9)14-6-2-1-5-13/h3-4,7,14H,1-2,6H2. The molecule has 1 N–H and O–H groups in total. The van der Waals surface area contributed by atoms with E-state index in [9.17, 15) is 0 Å². The van der Waals surface area contributed by atoms with Gasteiger partial charge >= 0.3 is 0 Å². The molecule has 0 fully saturated rings. The van der Waals surface area contributed by atoms with Crippen LogP contribution in [0.25, 0.3) is 0 Å². The molecule has 0 aliphatic carbocycles. The highest BCUT2D eigenvalue weighted by Gasteiger charge is 1.98. The predicted molar refractivity (Wildman–Crippen MR) is 62.5 cm³/mol. The topological polar surface area (TPSA) is 35.8 Å². The number of nitrogens with one attached hydrogen (secondary N) is 1. The fourth-order valence-electron chi connectivity index (χ4n) is 1.02. The Bertz CT molecular complexity index is 346. The van der Waals surface area contributed by atoms with E-state index in [0.717, 1.165) is 23.1 Å². The minimum Gasteiger partial charge on any atom is -0.384 e. The van der Waals surface area contributed by atoms with Gasteiger partial charge in [-0.2, -0.15) is 5.26 Å². The minimum atomic E-state index is 0.582. The van der Waals surface area contributed by atoms with Gasteiger partial charge in [0.2, 0.25) is 0 Å². The number of hydrogen-bond donors (Lipinski definition) is 1. The van der Waals surface area contributed by atoms with Gasteiger partial charge in [0, 0.05) is 28.1 Å². The van der Waals surface area contributed by atoms with Gasteiger partial charge in [0.25, 0.3) is 0 Å². The number of unbranched alkanes of at least 4 members (excludes halogenated alkanes) is 1. The van der Waals surface area contributed by atoms with Crippen LogP contribution in [0.1, 0.15) is 12.8 Å². The molecule has 0 bridgehead atoms. The van der Waals surface area contributed by atoms with Crippen LogP contribution >= 0.6 is 27.5 Å². The van der Waals surface area contributed by atoms with Crippen molar-refractivity contribution >= 4 is 33.2 Å². The van der Waals surface area contributed by atoms with Gasteiger partial charge < -0.3 is 5.32 Å². The second kappa shape index (κ2) is 5.90. The Morgan fingerprint density at radius 3 is 2.93 bits per heavy atom. The number of halogens is 2. The average molecular weight is 274 g/mol. The summed E-state index contributed by atoms with van der Waals surface area (Å²) in [5.74, 6) is 0. The molecule has 0 saturated heterocycles. The van der Waals surface area contributed by atoms with Crippen LogP contribution in [0.3, 0.4) is 0 Å². The predicted octanol–water partition coefficient (Wildman–Crippen LogP) is 3.82. The normalized spacial score (nSPS) is 9.50. The highest BCUT2D eigenvalue weighted by molar-refractivity contribution is 9.10. The molecule has 4 heteroatoms. The van der Waals surface area contributed by atoms with Crippen LogP contribution in [0.2, 0.25) is 5.02 Å². The van der Waals surface area contributed by atoms with E-state index >= 15 is 0 Å². The molecule has 0 heterocycles. The van der Waals surface area contributed by atoms with Gasteiger partial charge in [0.15, 0.2) is 0 Å². The molecule has 0 aromatic heterocycles. The zero-order valence-electron chi connectivity index (χ0n) is 7.56. The molecule has 0 saturated carbocycles. The molecule has 0 amide bonds. The Labute approximate surface area is 97.0 Å². The number of nitriles is 1. The first-order valence-electron chi connectivity index (χ1n) is 4.30. The van der Waals surface area contributed by atoms with Crippen LogP contribution in [-0.2, 0) is 0 Å². The first-order chi connectivity index (χ1) is 6.74. The Kier molecular flexibility index (Phi) is 4.78. The maximum atomic E-state index is 8.35. The molecule has 0 aliphatic rings. The van der Waals surface area contributed by atoms with Gasteiger partial charge in [-0.05, 0) is 40.5 Å². The molecule has 0 atom stereocenters. The quantitative estimate of drug-likeness (QED) is 0.847. The van der Waals surface area contributed by atoms with E-state index < -0.39 is 0 Å². The second-order valence-corrected chi connectivity index (χ2v) is 4.10. The Morgan fingerprint density at radius 1 is 1.50 bits per heavy atom. The lowest BCUT2D eigenvalue weighted by molar-refractivity contribution is 0.897. The summed E-state index contributed by atoms with van der Waals surface area (Å²) in [4.78, 5) is 0. The third kappa shape index (κ3) is 3.57. The summed E-state index contributed by atoms with van der Waals surface area (Å²) >= 11 is 9.20. The molecule has 0 spiro atoms. The molecule has 0 radical (unpaired) electrons. The minimum absolute atomic E-state index is 0.582. The molecule has 2 nitrogen and oxygen atoms in total. The molecule has 1 aromatic carbocycles. The summed E-state index contributed by atoms with van der Waals surface area (Å²) in [6, 6.07) is 7.69. The van der Waals surface area contributed by atoms with Gasteiger partial charge in [-0.3, -0.25) is 0 Å². The average Bonchev–Trinajstić information content (AvgIpc) is 2.15. The summed E-state index contributed by atoms with van der Waals surface area (Å²) < 4.78 is 0.946. The largest absolute Gasteiger partial charge is 0.384 e. The molecular weight excluding hydrogens is 263 g/mol. The number of anilines is 1. The van der Waals surface area contributed by atoms with Crippen molar-refractivity contribution in [2.24, 2.45) is 0 Å². The highest BCUT2D eigenvalue weighted by Crippen LogP contribution is 2.25. The van der Waals surface area contributed by atoms with Crippen molar-refractivity contribution in [3.8, 4) is 6.07 Å². The summed E-state index contributed by atoms with van der Waals surface area (Å²) in [5, 5.41) is 12.3. The number of nitrogens with zero attached hydrogens (tertiary/aromatic N) is 1. The van der Waals surface area contributed by atoms with E-state index in [0.29, 0.717) is 11.4 Å². The SMILES string of the molecule is N#CCCCNc1ccc(Cl)cc1Br. The Morgan fingerprint density at radius 2 is 2.29 bits per heavy atom. The molecule has 74 valence electrons. The van der Waals surface area contributed by atoms with Crippen molar-refractivity contribution in [2.75, 3.05) is 11.9 Å². The first-order valence-corrected chi connectivity index (χ1v) is 5.47. The molecule has 1 rings (SSSR count). The maximum absolute atomic E-state index is 8.35. The van der Waals surface area contributed by atoms with Crippen molar-refractivity contribution < 1.29 is 0 Å². The van der Waals surface area contributed by atoms with Crippen LogP contribution in [0.5, 0.6) is 0 Å². The van der Waals surface area contributed by atoms with Crippen molar-refractivity contribution in [2.45, 2.75) is 12.8 Å². The zero-order chi connectivity index (χ0) is 10.4. The van der Waals surface area contributed by atoms with Crippen molar-refractivity contribution in [3.05, 3.63) is 27.7 Å². The molecule has 0 aliphatic heterocycles. The first kappa shape index (κ1) is 11.4. The van der Waals surface area contributed by atoms with Crippen molar-refractivity contribution in [1.29, 1.82) is 5.26 Å². The monoisotopic (exact) mass is 272 g/mol. The van der Waals surface area contributed by atoms with Crippen LogP contribution in [-0.4, -0.2) is 6.54 Å². The van der Waals surface area contributed by atoms with Crippen LogP contribution in [0.15, 0.2) is 22.7 Å². The van der Waals surface area contributed by atoms with E-state index in [1.165, 1.54) is 0 Å². The van der Waals surface area contributed by atoms with E-state index in [1.807, 2.05) is 18.2 Å². The van der Waals surface area contributed by atoms with Crippen molar-refractivity contribution in [1.82, 2.24) is 0 Å². The number of benzene rings is 1. The third-order valence-corrected chi connectivity index (χ3v) is 2.60. The zero-order valence-corrected chi connectivity index (χ0v) is 9.90. The lowest BCUT2D eigenvalue weighted by Crippen LogP contribution is -2.01. The lowest BCUT2D eigenvalue weighted by Gasteiger charge is -2.07. The molecule has 1 aromatic rings. The van der Waals surface area contributed by atoms with Gasteiger partial charge in [0.1, 0.15) is 0 Å². The van der Waals surface area contributed by atoms with E-state index in [2.05, 4.69) is 27.3 Å². The summed E-state index contributed by atoms with van der Waals surface area (Å²) in [6.07, 6.45) is 1.43. The Hall–Kier alpha value is -0.720. The highest BCUT2D eigenvalue weighted by atomic mass is 79.9. The fraction of sp³-hybridized carbons (Fsp3) is 0.300. The Balaban J connectivity index is 2.47. The van der Waals surface area contributed by atoms with Crippen LogP contribution in [0.4, 0.5) is 5.69 Å². The number of rotatable bonds is 4. The van der Waals surface area contributed by atoms with Crippen LogP contribution < -0.4 is 5.32 Å². The van der Waals surface area contributed by atoms with Crippen LogP contribution in [0, 0.1) is 11.3 Å². The van der Waals surface area contributed by atoms with E-state index in [1.54, 1.807) is 0 Å². The van der Waals surface area contributed by atoms with Gasteiger partial charge in [-0.1, -0.05) is 11.6 Å². The second-order valence-electron chi connectivity index (χ2n) is 2.81. The lowest BCUT2D eigenvalue weighted by atomic mass is 10.3. The molecule has 0 unspecified atom stereocenters.